The smallest absolute Gasteiger partial charge is 0.261 e. The fraction of sp³-hybridized carbons (Fsp3) is 0.350. The molecule has 0 aliphatic rings. The van der Waals surface area contributed by atoms with E-state index in [-0.39, 0.29) is 11.7 Å². The van der Waals surface area contributed by atoms with Crippen LogP contribution in [0.3, 0.4) is 0 Å². The van der Waals surface area contributed by atoms with Gasteiger partial charge in [0.05, 0.1) is 7.11 Å². The van der Waals surface area contributed by atoms with Crippen LogP contribution in [0.4, 0.5) is 4.39 Å². The van der Waals surface area contributed by atoms with Gasteiger partial charge in [0.2, 0.25) is 0 Å². The number of carbonyl (C=O) groups is 1. The van der Waals surface area contributed by atoms with E-state index in [1.807, 2.05) is 31.2 Å². The van der Waals surface area contributed by atoms with Crippen LogP contribution in [0.2, 0.25) is 0 Å². The third kappa shape index (κ3) is 5.78. The van der Waals surface area contributed by atoms with Crippen LogP contribution < -0.4 is 14.8 Å². The maximum Gasteiger partial charge on any atom is 0.261 e. The van der Waals surface area contributed by atoms with E-state index in [0.717, 1.165) is 24.2 Å². The Hall–Kier alpha value is -2.56. The molecule has 0 aliphatic heterocycles. The molecule has 0 bridgehead atoms. The number of hydrogen-bond donors (Lipinski definition) is 1. The summed E-state index contributed by atoms with van der Waals surface area (Å²) >= 11 is 0. The van der Waals surface area contributed by atoms with Gasteiger partial charge in [0.1, 0.15) is 5.75 Å². The number of amides is 1. The van der Waals surface area contributed by atoms with Crippen molar-refractivity contribution in [3.8, 4) is 11.5 Å². The lowest BCUT2D eigenvalue weighted by Gasteiger charge is -2.17. The van der Waals surface area contributed by atoms with Crippen LogP contribution in [0.15, 0.2) is 48.5 Å². The number of benzene rings is 2. The first-order valence-corrected chi connectivity index (χ1v) is 8.46. The van der Waals surface area contributed by atoms with Gasteiger partial charge in [-0.2, -0.15) is 0 Å². The van der Waals surface area contributed by atoms with Gasteiger partial charge >= 0.3 is 0 Å². The number of carbonyl (C=O) groups excluding carboxylic acids is 1. The predicted octanol–water partition coefficient (Wildman–Crippen LogP) is 3.74. The number of nitrogens with one attached hydrogen (secondary N) is 1. The third-order valence-corrected chi connectivity index (χ3v) is 3.84. The standard InChI is InChI=1S/C20H24FNO3/c1-3-18(25-19-12-5-4-11-17(19)21)20(23)22-13-7-9-15-8-6-10-16(14-15)24-2/h4-6,8,10-12,14,18H,3,7,9,13H2,1-2H3,(H,22,23)/t18-/m1/s1. The van der Waals surface area contributed by atoms with E-state index >= 15 is 0 Å². The van der Waals surface area contributed by atoms with Gasteiger partial charge in [0.25, 0.3) is 5.91 Å². The molecule has 0 fully saturated rings. The number of ether oxygens (including phenoxy) is 2. The number of halogens is 1. The Labute approximate surface area is 148 Å². The van der Waals surface area contributed by atoms with Gasteiger partial charge in [0, 0.05) is 6.54 Å². The van der Waals surface area contributed by atoms with Crippen molar-refractivity contribution in [1.82, 2.24) is 5.32 Å². The molecule has 0 aromatic heterocycles. The first-order valence-electron chi connectivity index (χ1n) is 8.46. The Morgan fingerprint density at radius 2 is 2.00 bits per heavy atom. The summed E-state index contributed by atoms with van der Waals surface area (Å²) in [6.07, 6.45) is 1.40. The second-order valence-electron chi connectivity index (χ2n) is 5.69. The highest BCUT2D eigenvalue weighted by Gasteiger charge is 2.19. The first kappa shape index (κ1) is 18.8. The zero-order valence-electron chi connectivity index (χ0n) is 14.6. The summed E-state index contributed by atoms with van der Waals surface area (Å²) in [6, 6.07) is 14.0. The lowest BCUT2D eigenvalue weighted by atomic mass is 10.1. The van der Waals surface area contributed by atoms with Crippen LogP contribution in [-0.2, 0) is 11.2 Å². The molecule has 0 saturated heterocycles. The van der Waals surface area contributed by atoms with Crippen molar-refractivity contribution in [1.29, 1.82) is 0 Å². The van der Waals surface area contributed by atoms with Crippen LogP contribution in [-0.4, -0.2) is 25.7 Å². The quantitative estimate of drug-likeness (QED) is 0.704. The Morgan fingerprint density at radius 1 is 1.20 bits per heavy atom. The molecule has 1 amide bonds. The molecular weight excluding hydrogens is 321 g/mol. The van der Waals surface area contributed by atoms with Crippen molar-refractivity contribution in [3.63, 3.8) is 0 Å². The zero-order chi connectivity index (χ0) is 18.1. The Morgan fingerprint density at radius 3 is 2.72 bits per heavy atom. The normalized spacial score (nSPS) is 11.6. The highest BCUT2D eigenvalue weighted by molar-refractivity contribution is 5.81. The lowest BCUT2D eigenvalue weighted by molar-refractivity contribution is -0.128. The van der Waals surface area contributed by atoms with Crippen LogP contribution >= 0.6 is 0 Å². The summed E-state index contributed by atoms with van der Waals surface area (Å²) in [5.41, 5.74) is 1.16. The van der Waals surface area contributed by atoms with Crippen molar-refractivity contribution in [2.24, 2.45) is 0 Å². The van der Waals surface area contributed by atoms with Crippen LogP contribution in [0.25, 0.3) is 0 Å². The van der Waals surface area contributed by atoms with E-state index in [0.29, 0.717) is 13.0 Å². The number of para-hydroxylation sites is 1. The van der Waals surface area contributed by atoms with E-state index in [2.05, 4.69) is 5.32 Å². The SMILES string of the molecule is CC[C@@H](Oc1ccccc1F)C(=O)NCCCc1cccc(OC)c1. The van der Waals surface area contributed by atoms with Crippen LogP contribution in [0, 0.1) is 5.82 Å². The van der Waals surface area contributed by atoms with Crippen molar-refractivity contribution >= 4 is 5.91 Å². The second-order valence-corrected chi connectivity index (χ2v) is 5.69. The Kier molecular flexibility index (Phi) is 7.26. The summed E-state index contributed by atoms with van der Waals surface area (Å²) in [6.45, 7) is 2.37. The summed E-state index contributed by atoms with van der Waals surface area (Å²) in [7, 11) is 1.64. The molecule has 134 valence electrons. The molecule has 0 saturated carbocycles. The minimum Gasteiger partial charge on any atom is -0.497 e. The molecule has 0 aliphatic carbocycles. The summed E-state index contributed by atoms with van der Waals surface area (Å²) < 4.78 is 24.3. The molecule has 2 rings (SSSR count). The average Bonchev–Trinajstić information content (AvgIpc) is 2.64. The molecule has 0 unspecified atom stereocenters. The maximum absolute atomic E-state index is 13.6. The van der Waals surface area contributed by atoms with Crippen molar-refractivity contribution in [2.75, 3.05) is 13.7 Å². The van der Waals surface area contributed by atoms with Gasteiger partial charge in [-0.3, -0.25) is 4.79 Å². The van der Waals surface area contributed by atoms with E-state index < -0.39 is 11.9 Å². The monoisotopic (exact) mass is 345 g/mol. The number of aryl methyl sites for hydroxylation is 1. The van der Waals surface area contributed by atoms with Crippen molar-refractivity contribution in [3.05, 3.63) is 59.9 Å². The molecule has 5 heteroatoms. The van der Waals surface area contributed by atoms with Crippen LogP contribution in [0.1, 0.15) is 25.3 Å². The molecule has 1 atom stereocenters. The van der Waals surface area contributed by atoms with Gasteiger partial charge in [-0.15, -0.1) is 0 Å². The fourth-order valence-corrected chi connectivity index (χ4v) is 2.46. The van der Waals surface area contributed by atoms with Crippen molar-refractivity contribution in [2.45, 2.75) is 32.3 Å². The van der Waals surface area contributed by atoms with Crippen molar-refractivity contribution < 1.29 is 18.7 Å². The van der Waals surface area contributed by atoms with E-state index in [4.69, 9.17) is 9.47 Å². The van der Waals surface area contributed by atoms with Gasteiger partial charge in [0.15, 0.2) is 17.7 Å². The van der Waals surface area contributed by atoms with Gasteiger partial charge < -0.3 is 14.8 Å². The summed E-state index contributed by atoms with van der Waals surface area (Å²) in [5.74, 6) is 0.231. The third-order valence-electron chi connectivity index (χ3n) is 3.84. The molecule has 0 heterocycles. The van der Waals surface area contributed by atoms with Gasteiger partial charge in [-0.1, -0.05) is 31.2 Å². The molecule has 0 radical (unpaired) electrons. The molecule has 4 nitrogen and oxygen atoms in total. The topological polar surface area (TPSA) is 47.6 Å². The van der Waals surface area contributed by atoms with E-state index in [1.54, 1.807) is 19.2 Å². The maximum atomic E-state index is 13.6. The highest BCUT2D eigenvalue weighted by atomic mass is 19.1. The molecule has 2 aromatic rings. The van der Waals surface area contributed by atoms with E-state index in [1.165, 1.54) is 12.1 Å². The fourth-order valence-electron chi connectivity index (χ4n) is 2.46. The summed E-state index contributed by atoms with van der Waals surface area (Å²) in [4.78, 5) is 12.2. The average molecular weight is 345 g/mol. The second kappa shape index (κ2) is 9.67. The summed E-state index contributed by atoms with van der Waals surface area (Å²) in [5, 5.41) is 2.85. The number of hydrogen-bond acceptors (Lipinski definition) is 3. The molecule has 2 aromatic carbocycles. The molecule has 1 N–H and O–H groups in total. The Balaban J connectivity index is 1.79. The molecular formula is C20H24FNO3. The minimum atomic E-state index is -0.700. The minimum absolute atomic E-state index is 0.0980. The van der Waals surface area contributed by atoms with Gasteiger partial charge in [-0.25, -0.2) is 4.39 Å². The molecule has 25 heavy (non-hydrogen) atoms. The Bertz CT molecular complexity index is 690. The largest absolute Gasteiger partial charge is 0.497 e. The number of methoxy groups -OCH3 is 1. The van der Waals surface area contributed by atoms with Gasteiger partial charge in [-0.05, 0) is 49.1 Å². The number of rotatable bonds is 9. The lowest BCUT2D eigenvalue weighted by Crippen LogP contribution is -2.38. The zero-order valence-corrected chi connectivity index (χ0v) is 14.6. The highest BCUT2D eigenvalue weighted by Crippen LogP contribution is 2.18. The van der Waals surface area contributed by atoms with E-state index in [9.17, 15) is 9.18 Å². The first-order chi connectivity index (χ1) is 12.1. The predicted molar refractivity (Wildman–Crippen MR) is 95.4 cm³/mol. The molecule has 0 spiro atoms. The van der Waals surface area contributed by atoms with Crippen LogP contribution in [0.5, 0.6) is 11.5 Å².